The van der Waals surface area contributed by atoms with E-state index in [1.807, 2.05) is 6.92 Å². The van der Waals surface area contributed by atoms with Crippen molar-refractivity contribution < 1.29 is 8.42 Å². The maximum Gasteiger partial charge on any atom is 0.279 e. The van der Waals surface area contributed by atoms with E-state index < -0.39 is 10.2 Å². The molecule has 1 spiro atoms. The highest BCUT2D eigenvalue weighted by Crippen LogP contribution is 2.36. The van der Waals surface area contributed by atoms with Crippen molar-refractivity contribution in [3.63, 3.8) is 0 Å². The molecule has 0 aromatic rings. The van der Waals surface area contributed by atoms with Crippen LogP contribution < -0.4 is 10.0 Å². The van der Waals surface area contributed by atoms with Crippen molar-refractivity contribution in [2.45, 2.75) is 32.6 Å². The lowest BCUT2D eigenvalue weighted by Gasteiger charge is -2.44. The molecule has 0 saturated carbocycles. The zero-order valence-electron chi connectivity index (χ0n) is 10.5. The second-order valence-corrected chi connectivity index (χ2v) is 6.98. The maximum absolute atomic E-state index is 12.0. The molecule has 5 nitrogen and oxygen atoms in total. The first-order valence-corrected chi connectivity index (χ1v) is 7.97. The fraction of sp³-hybridized carbons (Fsp3) is 1.00. The van der Waals surface area contributed by atoms with Gasteiger partial charge in [-0.25, -0.2) is 4.72 Å². The topological polar surface area (TPSA) is 61.4 Å². The van der Waals surface area contributed by atoms with Gasteiger partial charge in [0.1, 0.15) is 0 Å². The molecule has 0 aliphatic carbocycles. The Labute approximate surface area is 104 Å². The van der Waals surface area contributed by atoms with E-state index in [1.165, 1.54) is 0 Å². The molecule has 0 radical (unpaired) electrons. The van der Waals surface area contributed by atoms with Gasteiger partial charge in [0.2, 0.25) is 0 Å². The van der Waals surface area contributed by atoms with E-state index in [9.17, 15) is 8.42 Å². The van der Waals surface area contributed by atoms with Crippen LogP contribution in [0.2, 0.25) is 0 Å². The molecule has 0 bridgehead atoms. The number of hydrogen-bond acceptors (Lipinski definition) is 3. The first-order chi connectivity index (χ1) is 8.08. The molecule has 17 heavy (non-hydrogen) atoms. The summed E-state index contributed by atoms with van der Waals surface area (Å²) in [5, 5.41) is 3.41. The number of rotatable bonds is 3. The lowest BCUT2D eigenvalue weighted by atomic mass is 9.75. The van der Waals surface area contributed by atoms with Gasteiger partial charge >= 0.3 is 0 Å². The van der Waals surface area contributed by atoms with Gasteiger partial charge in [0.15, 0.2) is 0 Å². The summed E-state index contributed by atoms with van der Waals surface area (Å²) < 4.78 is 28.2. The molecule has 2 aliphatic rings. The summed E-state index contributed by atoms with van der Waals surface area (Å²) in [4.78, 5) is 0. The average Bonchev–Trinajstić information content (AvgIpc) is 2.30. The predicted octanol–water partition coefficient (Wildman–Crippen LogP) is 0.306. The monoisotopic (exact) mass is 261 g/mol. The summed E-state index contributed by atoms with van der Waals surface area (Å²) in [6, 6.07) is 0. The molecule has 1 atom stereocenters. The number of hydrogen-bond donors (Lipinski definition) is 2. The van der Waals surface area contributed by atoms with Gasteiger partial charge in [0, 0.05) is 26.2 Å². The van der Waals surface area contributed by atoms with Crippen molar-refractivity contribution in [2.24, 2.45) is 5.41 Å². The summed E-state index contributed by atoms with van der Waals surface area (Å²) in [5.41, 5.74) is 0.180. The van der Waals surface area contributed by atoms with Gasteiger partial charge in [0.25, 0.3) is 10.2 Å². The zero-order valence-corrected chi connectivity index (χ0v) is 11.4. The van der Waals surface area contributed by atoms with Crippen LogP contribution in [-0.4, -0.2) is 45.4 Å². The second kappa shape index (κ2) is 5.22. The molecular weight excluding hydrogens is 238 g/mol. The third-order valence-corrected chi connectivity index (χ3v) is 5.50. The van der Waals surface area contributed by atoms with Crippen LogP contribution in [0.15, 0.2) is 0 Å². The Balaban J connectivity index is 2.06. The Morgan fingerprint density at radius 2 is 2.12 bits per heavy atom. The molecule has 2 saturated heterocycles. The lowest BCUT2D eigenvalue weighted by Crippen LogP contribution is -2.54. The summed E-state index contributed by atoms with van der Waals surface area (Å²) in [5.74, 6) is 0. The highest BCUT2D eigenvalue weighted by atomic mass is 32.2. The van der Waals surface area contributed by atoms with Crippen LogP contribution in [0.25, 0.3) is 0 Å². The van der Waals surface area contributed by atoms with E-state index >= 15 is 0 Å². The Morgan fingerprint density at radius 1 is 1.35 bits per heavy atom. The number of nitrogens with zero attached hydrogens (tertiary/aromatic N) is 1. The summed E-state index contributed by atoms with van der Waals surface area (Å²) in [6.45, 7) is 5.66. The van der Waals surface area contributed by atoms with Crippen molar-refractivity contribution in [3.05, 3.63) is 0 Å². The van der Waals surface area contributed by atoms with Crippen molar-refractivity contribution in [1.29, 1.82) is 0 Å². The summed E-state index contributed by atoms with van der Waals surface area (Å²) in [6.07, 6.45) is 4.44. The summed E-state index contributed by atoms with van der Waals surface area (Å²) in [7, 11) is -3.25. The minimum Gasteiger partial charge on any atom is -0.316 e. The average molecular weight is 261 g/mol. The molecular formula is C11H23N3O2S. The molecule has 6 heteroatoms. The molecule has 2 N–H and O–H groups in total. The molecule has 0 amide bonds. The van der Waals surface area contributed by atoms with Crippen molar-refractivity contribution in [3.8, 4) is 0 Å². The van der Waals surface area contributed by atoms with E-state index in [-0.39, 0.29) is 5.41 Å². The third kappa shape index (κ3) is 2.99. The molecule has 2 fully saturated rings. The Morgan fingerprint density at radius 3 is 2.76 bits per heavy atom. The first kappa shape index (κ1) is 13.3. The maximum atomic E-state index is 12.0. The fourth-order valence-electron chi connectivity index (χ4n) is 3.02. The van der Waals surface area contributed by atoms with Gasteiger partial charge in [-0.1, -0.05) is 6.92 Å². The van der Waals surface area contributed by atoms with Crippen LogP contribution in [0.4, 0.5) is 0 Å². The van der Waals surface area contributed by atoms with Crippen LogP contribution in [0, 0.1) is 5.41 Å². The van der Waals surface area contributed by atoms with Gasteiger partial charge in [-0.2, -0.15) is 12.7 Å². The minimum atomic E-state index is -3.25. The van der Waals surface area contributed by atoms with Crippen LogP contribution in [0.5, 0.6) is 0 Å². The first-order valence-electron chi connectivity index (χ1n) is 6.53. The molecule has 2 rings (SSSR count). The zero-order chi connectivity index (χ0) is 12.4. The summed E-state index contributed by atoms with van der Waals surface area (Å²) >= 11 is 0. The van der Waals surface area contributed by atoms with E-state index in [0.717, 1.165) is 38.8 Å². The van der Waals surface area contributed by atoms with E-state index in [1.54, 1.807) is 4.31 Å². The molecule has 100 valence electrons. The van der Waals surface area contributed by atoms with Gasteiger partial charge in [-0.3, -0.25) is 0 Å². The number of nitrogens with one attached hydrogen (secondary N) is 2. The predicted molar refractivity (Wildman–Crippen MR) is 67.9 cm³/mol. The molecule has 0 aromatic carbocycles. The lowest BCUT2D eigenvalue weighted by molar-refractivity contribution is 0.109. The van der Waals surface area contributed by atoms with Crippen molar-refractivity contribution in [1.82, 2.24) is 14.3 Å². The van der Waals surface area contributed by atoms with Gasteiger partial charge in [0.05, 0.1) is 0 Å². The minimum absolute atomic E-state index is 0.180. The third-order valence-electron chi connectivity index (χ3n) is 3.85. The molecule has 0 aromatic heterocycles. The van der Waals surface area contributed by atoms with Crippen molar-refractivity contribution >= 4 is 10.2 Å². The van der Waals surface area contributed by atoms with Gasteiger partial charge < -0.3 is 5.32 Å². The van der Waals surface area contributed by atoms with Gasteiger partial charge in [-0.05, 0) is 37.6 Å². The largest absolute Gasteiger partial charge is 0.316 e. The smallest absolute Gasteiger partial charge is 0.279 e. The molecule has 2 aliphatic heterocycles. The van der Waals surface area contributed by atoms with Crippen LogP contribution in [0.3, 0.4) is 0 Å². The highest BCUT2D eigenvalue weighted by molar-refractivity contribution is 7.87. The SMILES string of the molecule is CCNS(=O)(=O)N1CCCC2(CCCNC2)C1. The number of piperidine rings is 2. The Bertz CT molecular complexity index is 344. The molecule has 2 heterocycles. The Kier molecular flexibility index (Phi) is 4.07. The van der Waals surface area contributed by atoms with Crippen molar-refractivity contribution in [2.75, 3.05) is 32.7 Å². The van der Waals surface area contributed by atoms with E-state index in [4.69, 9.17) is 0 Å². The van der Waals surface area contributed by atoms with Crippen LogP contribution in [-0.2, 0) is 10.2 Å². The molecule has 1 unspecified atom stereocenters. The normalized spacial score (nSPS) is 31.8. The van der Waals surface area contributed by atoms with Gasteiger partial charge in [-0.15, -0.1) is 0 Å². The van der Waals surface area contributed by atoms with E-state index in [0.29, 0.717) is 19.6 Å². The van der Waals surface area contributed by atoms with E-state index in [2.05, 4.69) is 10.0 Å². The van der Waals surface area contributed by atoms with Crippen LogP contribution in [0.1, 0.15) is 32.6 Å². The van der Waals surface area contributed by atoms with Crippen LogP contribution >= 0.6 is 0 Å². The fourth-order valence-corrected chi connectivity index (χ4v) is 4.38. The Hall–Kier alpha value is -0.170. The quantitative estimate of drug-likeness (QED) is 0.768. The second-order valence-electron chi connectivity index (χ2n) is 5.22. The highest BCUT2D eigenvalue weighted by Gasteiger charge is 2.39. The standard InChI is InChI=1S/C11H23N3O2S/c1-2-13-17(15,16)14-8-4-6-11(10-14)5-3-7-12-9-11/h12-13H,2-10H2,1H3.